The quantitative estimate of drug-likeness (QED) is 0.530. The third kappa shape index (κ3) is 8.11. The van der Waals surface area contributed by atoms with Gasteiger partial charge in [-0.2, -0.15) is 0 Å². The first kappa shape index (κ1) is 18.0. The van der Waals surface area contributed by atoms with Crippen LogP contribution in [0.3, 0.4) is 0 Å². The van der Waals surface area contributed by atoms with Gasteiger partial charge in [0.05, 0.1) is 5.92 Å². The number of hydrogen-bond donors (Lipinski definition) is 1. The zero-order valence-corrected chi connectivity index (χ0v) is 13.7. The van der Waals surface area contributed by atoms with E-state index in [9.17, 15) is 9.90 Å². The molecule has 0 amide bonds. The predicted octanol–water partition coefficient (Wildman–Crippen LogP) is 5.72. The molecule has 1 N–H and O–H groups in total. The van der Waals surface area contributed by atoms with Gasteiger partial charge in [0.25, 0.3) is 0 Å². The van der Waals surface area contributed by atoms with E-state index in [1.54, 1.807) is 0 Å². The normalized spacial score (nSPS) is 12.3. The Labute approximate surface area is 133 Å². The van der Waals surface area contributed by atoms with E-state index in [1.165, 1.54) is 32.1 Å². The van der Waals surface area contributed by atoms with Gasteiger partial charge in [-0.3, -0.25) is 4.79 Å². The molecule has 1 atom stereocenters. The minimum atomic E-state index is -0.684. The van der Waals surface area contributed by atoms with E-state index in [0.717, 1.165) is 24.8 Å². The van der Waals surface area contributed by atoms with Crippen LogP contribution in [0.2, 0.25) is 5.02 Å². The molecule has 1 aromatic rings. The number of unbranched alkanes of at least 4 members (excludes halogenated alkanes) is 6. The van der Waals surface area contributed by atoms with Crippen molar-refractivity contribution >= 4 is 17.6 Å². The second kappa shape index (κ2) is 10.7. The number of carbonyl (C=O) groups is 1. The third-order valence-corrected chi connectivity index (χ3v) is 4.15. The Bertz CT molecular complexity index is 400. The first-order valence-electron chi connectivity index (χ1n) is 8.10. The molecule has 0 radical (unpaired) electrons. The molecule has 0 spiro atoms. The van der Waals surface area contributed by atoms with Gasteiger partial charge in [-0.25, -0.2) is 0 Å². The van der Waals surface area contributed by atoms with E-state index in [-0.39, 0.29) is 5.92 Å². The highest BCUT2D eigenvalue weighted by Gasteiger charge is 2.17. The van der Waals surface area contributed by atoms with Crippen LogP contribution in [0.1, 0.15) is 63.9 Å². The average Bonchev–Trinajstić information content (AvgIpc) is 2.47. The Morgan fingerprint density at radius 2 is 1.62 bits per heavy atom. The standard InChI is InChI=1S/C18H27ClO2/c1-2-3-4-5-6-7-8-9-16(18(20)21)14-15-10-12-17(19)13-11-15/h10-13,16H,2-9,14H2,1H3,(H,20,21). The lowest BCUT2D eigenvalue weighted by Gasteiger charge is -2.12. The highest BCUT2D eigenvalue weighted by Crippen LogP contribution is 2.19. The fraction of sp³-hybridized carbons (Fsp3) is 0.611. The maximum atomic E-state index is 11.3. The summed E-state index contributed by atoms with van der Waals surface area (Å²) in [4.78, 5) is 11.3. The fourth-order valence-electron chi connectivity index (χ4n) is 2.57. The van der Waals surface area contributed by atoms with Gasteiger partial charge < -0.3 is 5.11 Å². The summed E-state index contributed by atoms with van der Waals surface area (Å²) in [7, 11) is 0. The maximum absolute atomic E-state index is 11.3. The van der Waals surface area contributed by atoms with Crippen LogP contribution in [0.25, 0.3) is 0 Å². The van der Waals surface area contributed by atoms with Crippen LogP contribution in [-0.4, -0.2) is 11.1 Å². The molecule has 0 aromatic heterocycles. The highest BCUT2D eigenvalue weighted by molar-refractivity contribution is 6.30. The van der Waals surface area contributed by atoms with Crippen LogP contribution in [0.4, 0.5) is 0 Å². The molecule has 0 saturated carbocycles. The van der Waals surface area contributed by atoms with Crippen LogP contribution in [-0.2, 0) is 11.2 Å². The van der Waals surface area contributed by atoms with Gasteiger partial charge in [0.2, 0.25) is 0 Å². The topological polar surface area (TPSA) is 37.3 Å². The van der Waals surface area contributed by atoms with Crippen molar-refractivity contribution in [1.82, 2.24) is 0 Å². The van der Waals surface area contributed by atoms with Gasteiger partial charge in [0, 0.05) is 5.02 Å². The van der Waals surface area contributed by atoms with Crippen molar-refractivity contribution in [2.45, 2.75) is 64.7 Å². The van der Waals surface area contributed by atoms with E-state index in [0.29, 0.717) is 11.4 Å². The number of carboxylic acids is 1. The molecule has 1 rings (SSSR count). The van der Waals surface area contributed by atoms with E-state index in [1.807, 2.05) is 24.3 Å². The summed E-state index contributed by atoms with van der Waals surface area (Å²) in [6.07, 6.45) is 9.93. The lowest BCUT2D eigenvalue weighted by Crippen LogP contribution is -2.16. The van der Waals surface area contributed by atoms with Crippen molar-refractivity contribution in [1.29, 1.82) is 0 Å². The van der Waals surface area contributed by atoms with Gasteiger partial charge in [0.1, 0.15) is 0 Å². The molecule has 0 bridgehead atoms. The van der Waals surface area contributed by atoms with Crippen LogP contribution < -0.4 is 0 Å². The van der Waals surface area contributed by atoms with Gasteiger partial charge in [0.15, 0.2) is 0 Å². The average molecular weight is 311 g/mol. The number of carboxylic acid groups (broad SMARTS) is 1. The Morgan fingerprint density at radius 3 is 2.19 bits per heavy atom. The first-order chi connectivity index (χ1) is 10.1. The van der Waals surface area contributed by atoms with Gasteiger partial charge in [-0.05, 0) is 30.5 Å². The van der Waals surface area contributed by atoms with E-state index in [2.05, 4.69) is 6.92 Å². The van der Waals surface area contributed by atoms with E-state index >= 15 is 0 Å². The fourth-order valence-corrected chi connectivity index (χ4v) is 2.69. The van der Waals surface area contributed by atoms with Crippen LogP contribution in [0.15, 0.2) is 24.3 Å². The van der Waals surface area contributed by atoms with E-state index < -0.39 is 5.97 Å². The summed E-state index contributed by atoms with van der Waals surface area (Å²) >= 11 is 5.85. The minimum Gasteiger partial charge on any atom is -0.481 e. The van der Waals surface area contributed by atoms with Crippen molar-refractivity contribution < 1.29 is 9.90 Å². The second-order valence-electron chi connectivity index (χ2n) is 5.78. The molecule has 0 saturated heterocycles. The predicted molar refractivity (Wildman–Crippen MR) is 88.9 cm³/mol. The van der Waals surface area contributed by atoms with Crippen molar-refractivity contribution in [3.63, 3.8) is 0 Å². The number of rotatable bonds is 11. The molecule has 21 heavy (non-hydrogen) atoms. The molecule has 0 heterocycles. The highest BCUT2D eigenvalue weighted by atomic mass is 35.5. The molecule has 2 nitrogen and oxygen atoms in total. The summed E-state index contributed by atoms with van der Waals surface area (Å²) in [5.74, 6) is -0.960. The van der Waals surface area contributed by atoms with Gasteiger partial charge in [-0.15, -0.1) is 0 Å². The monoisotopic (exact) mass is 310 g/mol. The zero-order valence-electron chi connectivity index (χ0n) is 13.0. The van der Waals surface area contributed by atoms with Crippen LogP contribution in [0, 0.1) is 5.92 Å². The van der Waals surface area contributed by atoms with Crippen LogP contribution >= 0.6 is 11.6 Å². The van der Waals surface area contributed by atoms with Crippen LogP contribution in [0.5, 0.6) is 0 Å². The minimum absolute atomic E-state index is 0.276. The smallest absolute Gasteiger partial charge is 0.306 e. The van der Waals surface area contributed by atoms with E-state index in [4.69, 9.17) is 11.6 Å². The lowest BCUT2D eigenvalue weighted by atomic mass is 9.93. The molecule has 0 aliphatic heterocycles. The maximum Gasteiger partial charge on any atom is 0.306 e. The summed E-state index contributed by atoms with van der Waals surface area (Å²) < 4.78 is 0. The molecule has 1 aromatic carbocycles. The number of halogens is 1. The number of aliphatic carboxylic acids is 1. The zero-order chi connectivity index (χ0) is 15.5. The Kier molecular flexibility index (Phi) is 9.16. The molecular formula is C18H27ClO2. The molecule has 0 fully saturated rings. The van der Waals surface area contributed by atoms with Gasteiger partial charge in [-0.1, -0.05) is 75.6 Å². The molecule has 0 aliphatic carbocycles. The summed E-state index contributed by atoms with van der Waals surface area (Å²) in [6, 6.07) is 7.49. The van der Waals surface area contributed by atoms with Crippen molar-refractivity contribution in [3.8, 4) is 0 Å². The second-order valence-corrected chi connectivity index (χ2v) is 6.21. The first-order valence-corrected chi connectivity index (χ1v) is 8.48. The summed E-state index contributed by atoms with van der Waals surface area (Å²) in [6.45, 7) is 2.22. The molecule has 118 valence electrons. The lowest BCUT2D eigenvalue weighted by molar-refractivity contribution is -0.142. The molecule has 0 aliphatic rings. The third-order valence-electron chi connectivity index (χ3n) is 3.90. The Hall–Kier alpha value is -1.02. The number of benzene rings is 1. The van der Waals surface area contributed by atoms with Crippen molar-refractivity contribution in [3.05, 3.63) is 34.9 Å². The number of hydrogen-bond acceptors (Lipinski definition) is 1. The Balaban J connectivity index is 2.27. The summed E-state index contributed by atoms with van der Waals surface area (Å²) in [5, 5.41) is 10.0. The summed E-state index contributed by atoms with van der Waals surface area (Å²) in [5.41, 5.74) is 1.05. The molecule has 3 heteroatoms. The SMILES string of the molecule is CCCCCCCCCC(Cc1ccc(Cl)cc1)C(=O)O. The van der Waals surface area contributed by atoms with Gasteiger partial charge >= 0.3 is 5.97 Å². The largest absolute Gasteiger partial charge is 0.481 e. The van der Waals surface area contributed by atoms with Crippen molar-refractivity contribution in [2.75, 3.05) is 0 Å². The Morgan fingerprint density at radius 1 is 1.05 bits per heavy atom. The van der Waals surface area contributed by atoms with Crippen molar-refractivity contribution in [2.24, 2.45) is 5.92 Å². The molecule has 1 unspecified atom stereocenters. The molecular weight excluding hydrogens is 284 g/mol.